The molecular weight excluding hydrogens is 653 g/mol. The minimum Gasteiger partial charge on any atom is -0.309 e. The van der Waals surface area contributed by atoms with Crippen LogP contribution in [0.25, 0.3) is 99.1 Å². The van der Waals surface area contributed by atoms with Crippen molar-refractivity contribution < 1.29 is 0 Å². The van der Waals surface area contributed by atoms with Crippen LogP contribution in [0.4, 0.5) is 0 Å². The average molecular weight is 687 g/mol. The molecule has 11 aromatic rings. The van der Waals surface area contributed by atoms with Crippen LogP contribution >= 0.6 is 0 Å². The molecule has 0 radical (unpaired) electrons. The van der Waals surface area contributed by atoms with Gasteiger partial charge in [-0.05, 0) is 117 Å². The van der Waals surface area contributed by atoms with Crippen LogP contribution in [-0.2, 0) is 0 Å². The van der Waals surface area contributed by atoms with Crippen LogP contribution in [-0.4, -0.2) is 9.13 Å². The molecule has 0 atom stereocenters. The van der Waals surface area contributed by atoms with Crippen molar-refractivity contribution in [1.82, 2.24) is 9.13 Å². The maximum absolute atomic E-state index is 2.41. The number of benzene rings is 9. The van der Waals surface area contributed by atoms with Crippen molar-refractivity contribution in [3.8, 4) is 44.8 Å². The number of fused-ring (bicyclic) bond motifs is 7. The van der Waals surface area contributed by atoms with Crippen LogP contribution in [0.2, 0.25) is 0 Å². The normalized spacial score (nSPS) is 11.7. The molecule has 11 rings (SSSR count). The predicted octanol–water partition coefficient (Wildman–Crippen LogP) is 14.0. The van der Waals surface area contributed by atoms with E-state index in [1.165, 1.54) is 87.8 Å². The molecule has 2 heteroatoms. The van der Waals surface area contributed by atoms with Gasteiger partial charge in [0.2, 0.25) is 0 Å². The molecule has 0 spiro atoms. The summed E-state index contributed by atoms with van der Waals surface area (Å²) in [6.07, 6.45) is 0. The quantitative estimate of drug-likeness (QED) is 0.171. The van der Waals surface area contributed by atoms with Gasteiger partial charge in [-0.25, -0.2) is 0 Å². The van der Waals surface area contributed by atoms with E-state index in [-0.39, 0.29) is 0 Å². The molecular formula is C52H34N2. The summed E-state index contributed by atoms with van der Waals surface area (Å²) in [7, 11) is 0. The maximum atomic E-state index is 2.41. The monoisotopic (exact) mass is 686 g/mol. The molecule has 0 bridgehead atoms. The zero-order valence-corrected chi connectivity index (χ0v) is 29.5. The van der Waals surface area contributed by atoms with Crippen molar-refractivity contribution in [1.29, 1.82) is 0 Å². The molecule has 0 unspecified atom stereocenters. The van der Waals surface area contributed by atoms with Crippen LogP contribution in [0.15, 0.2) is 206 Å². The first kappa shape index (κ1) is 30.5. The fraction of sp³-hybridized carbons (Fsp3) is 0. The van der Waals surface area contributed by atoms with Crippen LogP contribution in [0.5, 0.6) is 0 Å². The molecule has 252 valence electrons. The fourth-order valence-electron chi connectivity index (χ4n) is 8.57. The van der Waals surface area contributed by atoms with Crippen LogP contribution in [0.3, 0.4) is 0 Å². The van der Waals surface area contributed by atoms with Gasteiger partial charge in [-0.1, -0.05) is 133 Å². The van der Waals surface area contributed by atoms with Gasteiger partial charge in [-0.2, -0.15) is 0 Å². The van der Waals surface area contributed by atoms with Crippen molar-refractivity contribution in [2.45, 2.75) is 0 Å². The summed E-state index contributed by atoms with van der Waals surface area (Å²) in [5, 5.41) is 7.50. The molecule has 54 heavy (non-hydrogen) atoms. The summed E-state index contributed by atoms with van der Waals surface area (Å²) < 4.78 is 4.80. The SMILES string of the molecule is c1ccc(-c2ccc3c(c2)c2cc(-c4ccc5c(c4)c4cc(-c6cccc7ccccc67)ccc4n5-c4ccccc4)ccc2n3-c2ccccc2)cc1. The Morgan fingerprint density at radius 1 is 0.241 bits per heavy atom. The highest BCUT2D eigenvalue weighted by Crippen LogP contribution is 2.41. The molecule has 0 aliphatic heterocycles. The highest BCUT2D eigenvalue weighted by atomic mass is 15.0. The van der Waals surface area contributed by atoms with Crippen LogP contribution < -0.4 is 0 Å². The Kier molecular flexibility index (Phi) is 6.90. The standard InChI is InChI=1S/C52H34N2/c1-4-13-35(14-5-1)37-23-27-49-45(31-37)46-32-38(24-28-50(46)53(49)41-17-6-2-7-18-41)39-25-29-51-47(33-39)48-34-40(44-22-12-16-36-15-10-11-21-43(36)44)26-30-52(48)54(51)42-19-8-3-9-20-42/h1-34H. The topological polar surface area (TPSA) is 9.86 Å². The van der Waals surface area contributed by atoms with Gasteiger partial charge in [0.15, 0.2) is 0 Å². The number of nitrogens with zero attached hydrogens (tertiary/aromatic N) is 2. The third-order valence-electron chi connectivity index (χ3n) is 11.1. The van der Waals surface area contributed by atoms with Gasteiger partial charge in [0.25, 0.3) is 0 Å². The van der Waals surface area contributed by atoms with Crippen molar-refractivity contribution in [2.75, 3.05) is 0 Å². The Morgan fingerprint density at radius 3 is 1.15 bits per heavy atom. The van der Waals surface area contributed by atoms with Gasteiger partial charge in [0.05, 0.1) is 22.1 Å². The lowest BCUT2D eigenvalue weighted by Gasteiger charge is -2.09. The summed E-state index contributed by atoms with van der Waals surface area (Å²) in [6, 6.07) is 75.2. The van der Waals surface area contributed by atoms with Crippen molar-refractivity contribution in [2.24, 2.45) is 0 Å². The van der Waals surface area contributed by atoms with E-state index >= 15 is 0 Å². The van der Waals surface area contributed by atoms with E-state index < -0.39 is 0 Å². The Morgan fingerprint density at radius 2 is 0.630 bits per heavy atom. The molecule has 2 nitrogen and oxygen atoms in total. The second-order valence-electron chi connectivity index (χ2n) is 14.2. The van der Waals surface area contributed by atoms with E-state index in [1.807, 2.05) is 0 Å². The van der Waals surface area contributed by atoms with Crippen molar-refractivity contribution in [3.63, 3.8) is 0 Å². The van der Waals surface area contributed by atoms with E-state index in [4.69, 9.17) is 0 Å². The Hall–Kier alpha value is -7.16. The smallest absolute Gasteiger partial charge is 0.0541 e. The first-order valence-corrected chi connectivity index (χ1v) is 18.6. The highest BCUT2D eigenvalue weighted by Gasteiger charge is 2.18. The van der Waals surface area contributed by atoms with Gasteiger partial charge in [0, 0.05) is 32.9 Å². The van der Waals surface area contributed by atoms with Crippen LogP contribution in [0, 0.1) is 0 Å². The van der Waals surface area contributed by atoms with Gasteiger partial charge < -0.3 is 9.13 Å². The molecule has 0 amide bonds. The summed E-state index contributed by atoms with van der Waals surface area (Å²) in [6.45, 7) is 0. The zero-order chi connectivity index (χ0) is 35.6. The lowest BCUT2D eigenvalue weighted by molar-refractivity contribution is 1.18. The summed E-state index contributed by atoms with van der Waals surface area (Å²) in [5.74, 6) is 0. The van der Waals surface area contributed by atoms with E-state index in [2.05, 4.69) is 215 Å². The van der Waals surface area contributed by atoms with Crippen LogP contribution in [0.1, 0.15) is 0 Å². The summed E-state index contributed by atoms with van der Waals surface area (Å²) >= 11 is 0. The van der Waals surface area contributed by atoms with E-state index in [0.717, 1.165) is 11.4 Å². The molecule has 0 N–H and O–H groups in total. The summed E-state index contributed by atoms with van der Waals surface area (Å²) in [5.41, 5.74) is 14.4. The first-order chi connectivity index (χ1) is 26.8. The minimum atomic E-state index is 1.16. The zero-order valence-electron chi connectivity index (χ0n) is 29.5. The predicted molar refractivity (Wildman–Crippen MR) is 229 cm³/mol. The summed E-state index contributed by atoms with van der Waals surface area (Å²) in [4.78, 5) is 0. The van der Waals surface area contributed by atoms with Gasteiger partial charge >= 0.3 is 0 Å². The van der Waals surface area contributed by atoms with Gasteiger partial charge in [0.1, 0.15) is 0 Å². The second kappa shape index (κ2) is 12.2. The molecule has 9 aromatic carbocycles. The van der Waals surface area contributed by atoms with E-state index in [1.54, 1.807) is 0 Å². The number of hydrogen-bond acceptors (Lipinski definition) is 0. The van der Waals surface area contributed by atoms with E-state index in [0.29, 0.717) is 0 Å². The minimum absolute atomic E-state index is 1.16. The van der Waals surface area contributed by atoms with Gasteiger partial charge in [-0.15, -0.1) is 0 Å². The highest BCUT2D eigenvalue weighted by molar-refractivity contribution is 6.14. The molecule has 0 aliphatic rings. The molecule has 0 saturated heterocycles. The number of rotatable bonds is 5. The molecule has 0 aliphatic carbocycles. The maximum Gasteiger partial charge on any atom is 0.0541 e. The Balaban J connectivity index is 1.14. The van der Waals surface area contributed by atoms with E-state index in [9.17, 15) is 0 Å². The lowest BCUT2D eigenvalue weighted by Crippen LogP contribution is -1.93. The third-order valence-corrected chi connectivity index (χ3v) is 11.1. The van der Waals surface area contributed by atoms with Gasteiger partial charge in [-0.3, -0.25) is 0 Å². The number of para-hydroxylation sites is 2. The third kappa shape index (κ3) is 4.81. The molecule has 0 saturated carbocycles. The van der Waals surface area contributed by atoms with Crippen molar-refractivity contribution >= 4 is 54.4 Å². The number of hydrogen-bond donors (Lipinski definition) is 0. The Labute approximate surface area is 313 Å². The second-order valence-corrected chi connectivity index (χ2v) is 14.2. The lowest BCUT2D eigenvalue weighted by atomic mass is 9.96. The largest absolute Gasteiger partial charge is 0.309 e. The Bertz CT molecular complexity index is 3180. The average Bonchev–Trinajstić information content (AvgIpc) is 3.75. The first-order valence-electron chi connectivity index (χ1n) is 18.6. The molecule has 0 fully saturated rings. The molecule has 2 aromatic heterocycles. The van der Waals surface area contributed by atoms with Crippen molar-refractivity contribution in [3.05, 3.63) is 206 Å². The fourth-order valence-corrected chi connectivity index (χ4v) is 8.57. The molecule has 2 heterocycles. The number of aromatic nitrogens is 2.